The molecular weight excluding hydrogens is 142 g/mol. The quantitative estimate of drug-likeness (QED) is 0.518. The summed E-state index contributed by atoms with van der Waals surface area (Å²) < 4.78 is 4.56. The van der Waals surface area contributed by atoms with Gasteiger partial charge in [0.15, 0.2) is 0 Å². The summed E-state index contributed by atoms with van der Waals surface area (Å²) in [5.74, 6) is 0. The van der Waals surface area contributed by atoms with E-state index in [1.54, 1.807) is 0 Å². The Morgan fingerprint density at radius 3 is 3.09 bits per heavy atom. The number of nitrogens with one attached hydrogen (secondary N) is 1. The first-order valence-corrected chi connectivity index (χ1v) is 3.52. The molecule has 0 aliphatic carbocycles. The van der Waals surface area contributed by atoms with E-state index in [-0.39, 0.29) is 0 Å². The topological polar surface area (TPSA) is 42.1 Å². The number of hydrogen-bond donors (Lipinski definition) is 1. The van der Waals surface area contributed by atoms with Gasteiger partial charge in [-0.2, -0.15) is 0 Å². The van der Waals surface area contributed by atoms with E-state index < -0.39 is 0 Å². The van der Waals surface area contributed by atoms with Crippen molar-refractivity contribution < 1.29 is 9.53 Å². The van der Waals surface area contributed by atoms with Gasteiger partial charge >= 0.3 is 0 Å². The number of carbonyl (C=O) groups excluding carboxylic acids is 1. The van der Waals surface area contributed by atoms with E-state index in [0.29, 0.717) is 13.1 Å². The third kappa shape index (κ3) is 2.11. The molecule has 0 saturated heterocycles. The van der Waals surface area contributed by atoms with Crippen LogP contribution < -0.4 is 0 Å². The minimum atomic E-state index is 0.449. The second kappa shape index (κ2) is 3.81. The second-order valence-corrected chi connectivity index (χ2v) is 2.36. The van der Waals surface area contributed by atoms with Gasteiger partial charge in [0.1, 0.15) is 0 Å². The molecule has 1 aromatic heterocycles. The van der Waals surface area contributed by atoms with Gasteiger partial charge in [0.2, 0.25) is 0 Å². The van der Waals surface area contributed by atoms with Crippen LogP contribution in [0.4, 0.5) is 0 Å². The normalized spacial score (nSPS) is 9.55. The van der Waals surface area contributed by atoms with E-state index in [0.717, 1.165) is 12.1 Å². The van der Waals surface area contributed by atoms with Gasteiger partial charge in [-0.15, -0.1) is 0 Å². The molecule has 0 bridgehead atoms. The molecule has 0 spiro atoms. The maximum absolute atomic E-state index is 9.79. The first-order chi connectivity index (χ1) is 5.34. The molecule has 1 rings (SSSR count). The standard InChI is InChI=1S/C8H11NO2/c1-7-2-4-9-8(7)3-5-11-6-10/h2,4,6,9H,3,5H2,1H3. The van der Waals surface area contributed by atoms with E-state index in [1.165, 1.54) is 5.56 Å². The Morgan fingerprint density at radius 1 is 1.73 bits per heavy atom. The molecule has 0 unspecified atom stereocenters. The molecule has 0 fully saturated rings. The van der Waals surface area contributed by atoms with Crippen molar-refractivity contribution in [1.29, 1.82) is 0 Å². The summed E-state index contributed by atoms with van der Waals surface area (Å²) in [5, 5.41) is 0. The lowest BCUT2D eigenvalue weighted by Gasteiger charge is -1.97. The van der Waals surface area contributed by atoms with Crippen LogP contribution in [0.15, 0.2) is 12.3 Å². The highest BCUT2D eigenvalue weighted by atomic mass is 16.5. The molecule has 0 aromatic carbocycles. The van der Waals surface area contributed by atoms with E-state index in [4.69, 9.17) is 0 Å². The van der Waals surface area contributed by atoms with Crippen molar-refractivity contribution in [2.75, 3.05) is 6.61 Å². The van der Waals surface area contributed by atoms with Crippen LogP contribution in [0.3, 0.4) is 0 Å². The van der Waals surface area contributed by atoms with Crippen molar-refractivity contribution in [3.8, 4) is 0 Å². The Hall–Kier alpha value is -1.25. The average Bonchev–Trinajstić information content (AvgIpc) is 2.37. The lowest BCUT2D eigenvalue weighted by molar-refractivity contribution is -0.128. The van der Waals surface area contributed by atoms with Crippen molar-refractivity contribution in [1.82, 2.24) is 4.98 Å². The van der Waals surface area contributed by atoms with Gasteiger partial charge in [0, 0.05) is 18.3 Å². The Labute approximate surface area is 65.4 Å². The Bertz CT molecular complexity index is 230. The number of aromatic amines is 1. The van der Waals surface area contributed by atoms with E-state index in [9.17, 15) is 4.79 Å². The van der Waals surface area contributed by atoms with Crippen molar-refractivity contribution in [2.45, 2.75) is 13.3 Å². The maximum atomic E-state index is 9.79. The minimum absolute atomic E-state index is 0.449. The van der Waals surface area contributed by atoms with Crippen LogP contribution in [0.25, 0.3) is 0 Å². The molecule has 1 aromatic rings. The van der Waals surface area contributed by atoms with E-state index in [1.807, 2.05) is 19.2 Å². The van der Waals surface area contributed by atoms with Crippen molar-refractivity contribution >= 4 is 6.47 Å². The van der Waals surface area contributed by atoms with Gasteiger partial charge in [-0.1, -0.05) is 0 Å². The van der Waals surface area contributed by atoms with Crippen molar-refractivity contribution in [3.63, 3.8) is 0 Å². The number of aryl methyl sites for hydroxylation is 1. The predicted octanol–water partition coefficient (Wildman–Crippen LogP) is 1.04. The van der Waals surface area contributed by atoms with Crippen molar-refractivity contribution in [3.05, 3.63) is 23.5 Å². The Balaban J connectivity index is 2.38. The molecule has 3 nitrogen and oxygen atoms in total. The molecule has 60 valence electrons. The lowest BCUT2D eigenvalue weighted by atomic mass is 10.2. The van der Waals surface area contributed by atoms with Crippen LogP contribution in [0.5, 0.6) is 0 Å². The number of aromatic nitrogens is 1. The van der Waals surface area contributed by atoms with Crippen LogP contribution in [0, 0.1) is 6.92 Å². The van der Waals surface area contributed by atoms with E-state index in [2.05, 4.69) is 9.72 Å². The average molecular weight is 153 g/mol. The number of carbonyl (C=O) groups is 1. The molecule has 1 N–H and O–H groups in total. The van der Waals surface area contributed by atoms with Crippen LogP contribution in [0.1, 0.15) is 11.3 Å². The maximum Gasteiger partial charge on any atom is 0.293 e. The highest BCUT2D eigenvalue weighted by molar-refractivity contribution is 5.37. The zero-order valence-corrected chi connectivity index (χ0v) is 6.46. The van der Waals surface area contributed by atoms with Gasteiger partial charge in [-0.3, -0.25) is 4.79 Å². The third-order valence-electron chi connectivity index (χ3n) is 1.60. The van der Waals surface area contributed by atoms with Gasteiger partial charge in [0.05, 0.1) is 6.61 Å². The van der Waals surface area contributed by atoms with Crippen LogP contribution in [-0.2, 0) is 16.0 Å². The first-order valence-electron chi connectivity index (χ1n) is 3.52. The lowest BCUT2D eigenvalue weighted by Crippen LogP contribution is -1.97. The number of hydrogen-bond acceptors (Lipinski definition) is 2. The molecule has 0 radical (unpaired) electrons. The van der Waals surface area contributed by atoms with Gasteiger partial charge in [0.25, 0.3) is 6.47 Å². The number of rotatable bonds is 4. The van der Waals surface area contributed by atoms with Crippen LogP contribution in [0.2, 0.25) is 0 Å². The summed E-state index contributed by atoms with van der Waals surface area (Å²) in [6.07, 6.45) is 2.64. The van der Waals surface area contributed by atoms with Crippen molar-refractivity contribution in [2.24, 2.45) is 0 Å². The predicted molar refractivity (Wildman–Crippen MR) is 41.2 cm³/mol. The smallest absolute Gasteiger partial charge is 0.293 e. The first kappa shape index (κ1) is 7.85. The fourth-order valence-electron chi connectivity index (χ4n) is 0.960. The van der Waals surface area contributed by atoms with Gasteiger partial charge in [-0.05, 0) is 18.6 Å². The Kier molecular flexibility index (Phi) is 2.72. The Morgan fingerprint density at radius 2 is 2.55 bits per heavy atom. The molecule has 11 heavy (non-hydrogen) atoms. The molecule has 3 heteroatoms. The van der Waals surface area contributed by atoms with E-state index >= 15 is 0 Å². The minimum Gasteiger partial charge on any atom is -0.467 e. The summed E-state index contributed by atoms with van der Waals surface area (Å²) >= 11 is 0. The summed E-state index contributed by atoms with van der Waals surface area (Å²) in [4.78, 5) is 12.9. The molecular formula is C8H11NO2. The summed E-state index contributed by atoms with van der Waals surface area (Å²) in [6, 6.07) is 2.00. The molecule has 0 saturated carbocycles. The van der Waals surface area contributed by atoms with Crippen LogP contribution >= 0.6 is 0 Å². The second-order valence-electron chi connectivity index (χ2n) is 2.36. The summed E-state index contributed by atoms with van der Waals surface area (Å²) in [5.41, 5.74) is 2.34. The molecule has 1 heterocycles. The van der Waals surface area contributed by atoms with Gasteiger partial charge in [-0.25, -0.2) is 0 Å². The fourth-order valence-corrected chi connectivity index (χ4v) is 0.960. The molecule has 0 aliphatic heterocycles. The van der Waals surface area contributed by atoms with Gasteiger partial charge < -0.3 is 9.72 Å². The number of H-pyrrole nitrogens is 1. The SMILES string of the molecule is Cc1cc[nH]c1CCOC=O. The summed E-state index contributed by atoms with van der Waals surface area (Å²) in [7, 11) is 0. The molecule has 0 amide bonds. The number of ether oxygens (including phenoxy) is 1. The monoisotopic (exact) mass is 153 g/mol. The highest BCUT2D eigenvalue weighted by Crippen LogP contribution is 2.04. The zero-order valence-electron chi connectivity index (χ0n) is 6.46. The zero-order chi connectivity index (χ0) is 8.10. The molecule has 0 atom stereocenters. The van der Waals surface area contributed by atoms with Crippen LogP contribution in [-0.4, -0.2) is 18.1 Å². The molecule has 0 aliphatic rings. The summed E-state index contributed by atoms with van der Waals surface area (Å²) in [6.45, 7) is 2.94. The largest absolute Gasteiger partial charge is 0.467 e. The highest BCUT2D eigenvalue weighted by Gasteiger charge is 1.97. The fraction of sp³-hybridized carbons (Fsp3) is 0.375. The third-order valence-corrected chi connectivity index (χ3v) is 1.60.